The van der Waals surface area contributed by atoms with Crippen LogP contribution in [-0.2, 0) is 52.1 Å². The summed E-state index contributed by atoms with van der Waals surface area (Å²) in [6.07, 6.45) is 12.7. The van der Waals surface area contributed by atoms with Crippen molar-refractivity contribution in [2.45, 2.75) is 57.8 Å². The van der Waals surface area contributed by atoms with Crippen molar-refractivity contribution in [1.82, 2.24) is 0 Å². The molecule has 2 aromatic carbocycles. The zero-order valence-corrected chi connectivity index (χ0v) is 17.1. The molecule has 2 aliphatic rings. The van der Waals surface area contributed by atoms with E-state index in [0.29, 0.717) is 0 Å². The van der Waals surface area contributed by atoms with Crippen molar-refractivity contribution in [2.75, 3.05) is 0 Å². The van der Waals surface area contributed by atoms with Crippen molar-refractivity contribution in [1.29, 1.82) is 0 Å². The molecule has 30 heavy (non-hydrogen) atoms. The predicted molar refractivity (Wildman–Crippen MR) is 92.9 cm³/mol. The fraction of sp³-hybridized carbons (Fsp3) is 0.409. The number of hydrogen-bond donors (Lipinski definition) is 0. The molecule has 0 aromatic heterocycles. The number of rotatable bonds is 0. The molecule has 0 amide bonds. The van der Waals surface area contributed by atoms with Gasteiger partial charge in [0.25, 0.3) is 0 Å². The Morgan fingerprint density at radius 2 is 1.27 bits per heavy atom. The average Bonchev–Trinajstić information content (AvgIpc) is 2.95. The molecule has 0 fully saturated rings. The molecule has 0 radical (unpaired) electrons. The first-order valence-corrected chi connectivity index (χ1v) is 9.09. The van der Waals surface area contributed by atoms with Gasteiger partial charge in [-0.15, -0.1) is 6.07 Å². The van der Waals surface area contributed by atoms with Gasteiger partial charge in [0.1, 0.15) is 0 Å². The Kier molecular flexibility index (Phi) is 13.4. The number of fused-ring (bicyclic) bond motifs is 3. The molecule has 158 valence electrons. The molecule has 0 aliphatic heterocycles. The van der Waals surface area contributed by atoms with Crippen LogP contribution in [0.25, 0.3) is 0 Å². The Hall–Kier alpha value is -1.78. The van der Waals surface area contributed by atoms with Crippen LogP contribution in [0.4, 0.5) is 22.0 Å². The van der Waals surface area contributed by atoms with Crippen molar-refractivity contribution >= 4 is 0 Å². The van der Waals surface area contributed by atoms with E-state index in [4.69, 9.17) is 9.30 Å². The standard InChI is InChI=1S/C14H19.C6F5.2CO.Fe/c1-2-6-11-10-12-7-4-5-9-14(12)13(11)8-3-1;7-2-1-3(8)5(10)6(11)4(2)9;2*1-2;/h10H,1-9H2;;;;/q2*-1;;;+6. The van der Waals surface area contributed by atoms with Crippen molar-refractivity contribution in [3.63, 3.8) is 0 Å². The summed E-state index contributed by atoms with van der Waals surface area (Å²) >= 11 is 0. The van der Waals surface area contributed by atoms with Crippen LogP contribution in [0.2, 0.25) is 0 Å². The van der Waals surface area contributed by atoms with Crippen LogP contribution in [0.5, 0.6) is 0 Å². The average molecular weight is 466 g/mol. The van der Waals surface area contributed by atoms with Gasteiger partial charge in [0.05, 0.1) is 29.1 Å². The van der Waals surface area contributed by atoms with Crippen molar-refractivity contribution in [2.24, 2.45) is 0 Å². The van der Waals surface area contributed by atoms with Crippen molar-refractivity contribution < 1.29 is 48.3 Å². The van der Waals surface area contributed by atoms with E-state index in [0.717, 1.165) is 6.07 Å². The van der Waals surface area contributed by atoms with E-state index < -0.39 is 29.1 Å². The summed E-state index contributed by atoms with van der Waals surface area (Å²) in [5.74, 6) is -10.0. The van der Waals surface area contributed by atoms with Gasteiger partial charge in [0.2, 0.25) is 0 Å². The molecular formula is C22H19F5FeO2+4. The smallest absolute Gasteiger partial charge is 0.207 e. The third-order valence-corrected chi connectivity index (χ3v) is 4.97. The minimum atomic E-state index is -2.17. The Balaban J connectivity index is 0.000000479. The van der Waals surface area contributed by atoms with Gasteiger partial charge in [-0.05, 0) is 0 Å². The van der Waals surface area contributed by atoms with E-state index in [1.165, 1.54) is 57.8 Å². The normalized spacial score (nSPS) is 13.8. The second-order valence-corrected chi connectivity index (χ2v) is 6.61. The van der Waals surface area contributed by atoms with E-state index in [9.17, 15) is 22.0 Å². The van der Waals surface area contributed by atoms with Crippen molar-refractivity contribution in [3.8, 4) is 0 Å². The van der Waals surface area contributed by atoms with E-state index in [2.05, 4.69) is 19.4 Å². The molecule has 0 heterocycles. The van der Waals surface area contributed by atoms with Crippen LogP contribution in [0.15, 0.2) is 6.07 Å². The molecule has 0 saturated carbocycles. The second-order valence-electron chi connectivity index (χ2n) is 6.61. The van der Waals surface area contributed by atoms with Crippen LogP contribution in [0, 0.1) is 48.5 Å². The molecule has 0 atom stereocenters. The molecule has 0 bridgehead atoms. The Morgan fingerprint density at radius 3 is 1.87 bits per heavy atom. The van der Waals surface area contributed by atoms with Crippen LogP contribution >= 0.6 is 0 Å². The van der Waals surface area contributed by atoms with Gasteiger partial charge < -0.3 is 0 Å². The first-order valence-electron chi connectivity index (χ1n) is 9.09. The van der Waals surface area contributed by atoms with E-state index in [1.807, 2.05) is 0 Å². The summed E-state index contributed by atoms with van der Waals surface area (Å²) in [6, 6.07) is 3.56. The zero-order chi connectivity index (χ0) is 22.0. The maximum atomic E-state index is 12.0. The van der Waals surface area contributed by atoms with E-state index in [-0.39, 0.29) is 17.1 Å². The second kappa shape index (κ2) is 14.3. The molecule has 0 saturated heterocycles. The number of benzene rings is 1. The first kappa shape index (κ1) is 28.2. The SMILES string of the molecule is Fc1[c-]c(F)c(F)c(F)c1F.[C-]#[O+].[C-]#[O+].[Fe+6].c1c2c([c-]3c1CCCC3)CCCCC2. The fourth-order valence-electron chi connectivity index (χ4n) is 3.75. The third-order valence-electron chi connectivity index (χ3n) is 4.97. The van der Waals surface area contributed by atoms with Gasteiger partial charge >= 0.3 is 39.7 Å². The Labute approximate surface area is 183 Å². The molecular weight excluding hydrogens is 447 g/mol. The molecule has 0 N–H and O–H groups in total. The predicted octanol–water partition coefficient (Wildman–Crippen LogP) is 5.66. The van der Waals surface area contributed by atoms with E-state index in [1.54, 1.807) is 22.3 Å². The van der Waals surface area contributed by atoms with Gasteiger partial charge in [0, 0.05) is 0 Å². The molecule has 2 aliphatic carbocycles. The molecule has 4 rings (SSSR count). The molecule has 8 heteroatoms. The van der Waals surface area contributed by atoms with Gasteiger partial charge in [-0.1, -0.05) is 57.8 Å². The molecule has 2 nitrogen and oxygen atoms in total. The van der Waals surface area contributed by atoms with Crippen LogP contribution in [0.1, 0.15) is 54.4 Å². The van der Waals surface area contributed by atoms with Gasteiger partial charge in [-0.25, -0.2) is 19.2 Å². The van der Waals surface area contributed by atoms with Crippen LogP contribution < -0.4 is 0 Å². The van der Waals surface area contributed by atoms with Gasteiger partial charge in [-0.3, -0.25) is 8.78 Å². The topological polar surface area (TPSA) is 39.8 Å². The van der Waals surface area contributed by atoms with Gasteiger partial charge in [-0.2, -0.15) is 22.3 Å². The number of halogens is 5. The third kappa shape index (κ3) is 6.88. The maximum absolute atomic E-state index is 12.0. The largest absolute Gasteiger partial charge is 6.00 e. The number of hydrogen-bond acceptors (Lipinski definition) is 0. The number of aryl methyl sites for hydroxylation is 2. The molecule has 0 spiro atoms. The first-order chi connectivity index (χ1) is 14.0. The maximum Gasteiger partial charge on any atom is 6.00 e. The monoisotopic (exact) mass is 466 g/mol. The summed E-state index contributed by atoms with van der Waals surface area (Å²) in [5.41, 5.74) is 6.97. The van der Waals surface area contributed by atoms with Gasteiger partial charge in [0.15, 0.2) is 0 Å². The summed E-state index contributed by atoms with van der Waals surface area (Å²) in [6.45, 7) is 9.00. The summed E-state index contributed by atoms with van der Waals surface area (Å²) in [4.78, 5) is 0. The van der Waals surface area contributed by atoms with Crippen LogP contribution in [-0.4, -0.2) is 0 Å². The Morgan fingerprint density at radius 1 is 0.733 bits per heavy atom. The summed E-state index contributed by atoms with van der Waals surface area (Å²) in [5, 5.41) is 0. The molecule has 0 unspecified atom stereocenters. The quantitative estimate of drug-likeness (QED) is 0.0915. The fourth-order valence-corrected chi connectivity index (χ4v) is 3.75. The minimum absolute atomic E-state index is 0. The summed E-state index contributed by atoms with van der Waals surface area (Å²) in [7, 11) is 0. The minimum Gasteiger partial charge on any atom is -0.207 e. The van der Waals surface area contributed by atoms with E-state index >= 15 is 0 Å². The zero-order valence-electron chi connectivity index (χ0n) is 16.0. The summed E-state index contributed by atoms with van der Waals surface area (Å²) < 4.78 is 74.9. The van der Waals surface area contributed by atoms with Crippen LogP contribution in [0.3, 0.4) is 0 Å². The molecule has 2 aromatic rings. The van der Waals surface area contributed by atoms with Crippen molar-refractivity contribution in [3.05, 3.63) is 76.8 Å². The Bertz CT molecular complexity index is 826.